The van der Waals surface area contributed by atoms with E-state index in [-0.39, 0.29) is 25.8 Å². The van der Waals surface area contributed by atoms with E-state index in [1.54, 1.807) is 0 Å². The van der Waals surface area contributed by atoms with E-state index in [0.29, 0.717) is 11.8 Å². The number of aryl methyl sites for hydroxylation is 6. The van der Waals surface area contributed by atoms with Gasteiger partial charge in [0, 0.05) is 50.1 Å². The Morgan fingerprint density at radius 1 is 0.537 bits per heavy atom. The van der Waals surface area contributed by atoms with Crippen molar-refractivity contribution >= 4 is 11.6 Å². The maximum Gasteiger partial charge on any atom is 0.126 e. The van der Waals surface area contributed by atoms with Crippen LogP contribution in [0.1, 0.15) is 61.1 Å². The zero-order valence-electron chi connectivity index (χ0n) is 26.7. The maximum atomic E-state index is 4.76. The third-order valence-corrected chi connectivity index (χ3v) is 6.75. The van der Waals surface area contributed by atoms with Crippen LogP contribution in [-0.4, -0.2) is 23.1 Å². The predicted molar refractivity (Wildman–Crippen MR) is 174 cm³/mol. The van der Waals surface area contributed by atoms with Crippen LogP contribution in [0.3, 0.4) is 0 Å². The second-order valence-corrected chi connectivity index (χ2v) is 11.9. The summed E-state index contributed by atoms with van der Waals surface area (Å²) in [7, 11) is 0. The van der Waals surface area contributed by atoms with Crippen LogP contribution >= 0.6 is 0 Å². The molecule has 0 fully saturated rings. The Hall–Kier alpha value is -2.79. The van der Waals surface area contributed by atoms with E-state index in [1.807, 2.05) is 12.1 Å². The molecule has 0 aliphatic heterocycles. The molecule has 4 nitrogen and oxygen atoms in total. The Bertz CT molecular complexity index is 1270. The van der Waals surface area contributed by atoms with Crippen molar-refractivity contribution in [1.29, 1.82) is 0 Å². The molecule has 41 heavy (non-hydrogen) atoms. The van der Waals surface area contributed by atoms with Crippen LogP contribution in [0.15, 0.2) is 60.7 Å². The minimum absolute atomic E-state index is 0. The van der Waals surface area contributed by atoms with Gasteiger partial charge in [-0.05, 0) is 99.9 Å². The van der Waals surface area contributed by atoms with Gasteiger partial charge in [0.05, 0.1) is 11.4 Å². The van der Waals surface area contributed by atoms with Gasteiger partial charge in [0.25, 0.3) is 0 Å². The normalized spacial score (nSPS) is 10.6. The number of rotatable bonds is 8. The van der Waals surface area contributed by atoms with Crippen molar-refractivity contribution in [1.82, 2.24) is 9.97 Å². The SMILES string of the molecule is Cc1cc(C)c(-c2cccc(NCC(C)C)n2)c(C)c1.Cc1cc(C)c(-c2cccc(NCC(C)C)n2)c(C)c1.[Hf]. The van der Waals surface area contributed by atoms with E-state index in [2.05, 4.69) is 128 Å². The Balaban J connectivity index is 0.000000280. The molecule has 4 aromatic rings. The molecular formula is C36H48HfN4. The van der Waals surface area contributed by atoms with Gasteiger partial charge >= 0.3 is 0 Å². The van der Waals surface area contributed by atoms with E-state index in [9.17, 15) is 0 Å². The number of anilines is 2. The second kappa shape index (κ2) is 16.0. The van der Waals surface area contributed by atoms with E-state index < -0.39 is 0 Å². The molecule has 0 unspecified atom stereocenters. The quantitative estimate of drug-likeness (QED) is 0.179. The Morgan fingerprint density at radius 3 is 1.15 bits per heavy atom. The zero-order valence-corrected chi connectivity index (χ0v) is 30.3. The number of nitrogens with one attached hydrogen (secondary N) is 2. The van der Waals surface area contributed by atoms with Crippen LogP contribution in [0, 0.1) is 53.4 Å². The van der Waals surface area contributed by atoms with Crippen LogP contribution in [0.25, 0.3) is 22.5 Å². The van der Waals surface area contributed by atoms with E-state index in [4.69, 9.17) is 9.97 Å². The average molecular weight is 715 g/mol. The van der Waals surface area contributed by atoms with Gasteiger partial charge in [0.2, 0.25) is 0 Å². The number of pyridine rings is 2. The molecule has 2 N–H and O–H groups in total. The van der Waals surface area contributed by atoms with Crippen LogP contribution in [0.4, 0.5) is 11.6 Å². The van der Waals surface area contributed by atoms with E-state index in [1.165, 1.54) is 44.5 Å². The average Bonchev–Trinajstić information content (AvgIpc) is 2.86. The summed E-state index contributed by atoms with van der Waals surface area (Å²) >= 11 is 0. The van der Waals surface area contributed by atoms with Crippen molar-refractivity contribution in [3.05, 3.63) is 94.0 Å². The molecule has 216 valence electrons. The summed E-state index contributed by atoms with van der Waals surface area (Å²) in [6, 6.07) is 21.3. The fourth-order valence-electron chi connectivity index (χ4n) is 5.13. The molecule has 0 saturated heterocycles. The summed E-state index contributed by atoms with van der Waals surface area (Å²) in [5, 5.41) is 6.79. The molecule has 0 bridgehead atoms. The van der Waals surface area contributed by atoms with Gasteiger partial charge in [0.1, 0.15) is 11.6 Å². The number of hydrogen-bond acceptors (Lipinski definition) is 4. The molecule has 4 rings (SSSR count). The van der Waals surface area contributed by atoms with Gasteiger partial charge < -0.3 is 10.6 Å². The first kappa shape index (κ1) is 34.4. The number of nitrogens with zero attached hydrogens (tertiary/aromatic N) is 2. The van der Waals surface area contributed by atoms with Crippen molar-refractivity contribution in [3.8, 4) is 22.5 Å². The molecule has 0 aliphatic carbocycles. The molecule has 2 aromatic carbocycles. The van der Waals surface area contributed by atoms with Gasteiger partial charge in [-0.3, -0.25) is 0 Å². The molecular weight excluding hydrogens is 667 g/mol. The Morgan fingerprint density at radius 2 is 0.854 bits per heavy atom. The summed E-state index contributed by atoms with van der Waals surface area (Å²) in [6.07, 6.45) is 0. The molecule has 0 spiro atoms. The molecule has 0 radical (unpaired) electrons. The molecule has 5 heteroatoms. The minimum atomic E-state index is 0. The molecule has 0 aliphatic rings. The van der Waals surface area contributed by atoms with Gasteiger partial charge in [-0.2, -0.15) is 0 Å². The van der Waals surface area contributed by atoms with Gasteiger partial charge in [-0.25, -0.2) is 9.97 Å². The van der Waals surface area contributed by atoms with Crippen LogP contribution in [0.5, 0.6) is 0 Å². The molecule has 2 heterocycles. The summed E-state index contributed by atoms with van der Waals surface area (Å²) in [5.41, 5.74) is 12.4. The molecule has 0 atom stereocenters. The zero-order chi connectivity index (χ0) is 29.4. The monoisotopic (exact) mass is 716 g/mol. The Kier molecular flexibility index (Phi) is 13.4. The first-order chi connectivity index (χ1) is 18.9. The number of hydrogen-bond donors (Lipinski definition) is 2. The molecule has 2 aromatic heterocycles. The first-order valence-electron chi connectivity index (χ1n) is 14.5. The summed E-state index contributed by atoms with van der Waals surface area (Å²) in [6.45, 7) is 23.6. The van der Waals surface area contributed by atoms with Crippen LogP contribution < -0.4 is 10.6 Å². The topological polar surface area (TPSA) is 49.8 Å². The van der Waals surface area contributed by atoms with E-state index >= 15 is 0 Å². The predicted octanol–water partition coefficient (Wildman–Crippen LogP) is 9.48. The van der Waals surface area contributed by atoms with E-state index in [0.717, 1.165) is 36.1 Å². The third kappa shape index (κ3) is 10.2. The van der Waals surface area contributed by atoms with Crippen molar-refractivity contribution in [2.75, 3.05) is 23.7 Å². The molecule has 0 amide bonds. The largest absolute Gasteiger partial charge is 0.370 e. The van der Waals surface area contributed by atoms with Gasteiger partial charge in [0.15, 0.2) is 0 Å². The maximum absolute atomic E-state index is 4.76. The van der Waals surface area contributed by atoms with Gasteiger partial charge in [-0.1, -0.05) is 75.2 Å². The van der Waals surface area contributed by atoms with Crippen LogP contribution in [-0.2, 0) is 25.8 Å². The summed E-state index contributed by atoms with van der Waals surface area (Å²) in [5.74, 6) is 3.14. The van der Waals surface area contributed by atoms with Crippen molar-refractivity contribution in [3.63, 3.8) is 0 Å². The number of aromatic nitrogens is 2. The smallest absolute Gasteiger partial charge is 0.126 e. The second-order valence-electron chi connectivity index (χ2n) is 11.9. The van der Waals surface area contributed by atoms with Crippen molar-refractivity contribution in [2.45, 2.75) is 69.2 Å². The minimum Gasteiger partial charge on any atom is -0.370 e. The third-order valence-electron chi connectivity index (χ3n) is 6.75. The summed E-state index contributed by atoms with van der Waals surface area (Å²) < 4.78 is 0. The number of benzene rings is 2. The van der Waals surface area contributed by atoms with Crippen molar-refractivity contribution < 1.29 is 25.8 Å². The molecule has 0 saturated carbocycles. The van der Waals surface area contributed by atoms with Crippen LogP contribution in [0.2, 0.25) is 0 Å². The van der Waals surface area contributed by atoms with Crippen molar-refractivity contribution in [2.24, 2.45) is 11.8 Å². The standard InChI is InChI=1S/2C18H24N2.Hf/c2*1-12(2)11-19-17-8-6-7-16(20-17)18-14(4)9-13(3)10-15(18)5;/h2*6-10,12H,11H2,1-5H3,(H,19,20);. The first-order valence-corrected chi connectivity index (χ1v) is 14.5. The fraction of sp³-hybridized carbons (Fsp3) is 0.389. The Labute approximate surface area is 267 Å². The fourth-order valence-corrected chi connectivity index (χ4v) is 5.13. The van der Waals surface area contributed by atoms with Gasteiger partial charge in [-0.15, -0.1) is 0 Å². The summed E-state index contributed by atoms with van der Waals surface area (Å²) in [4.78, 5) is 9.51.